The van der Waals surface area contributed by atoms with Crippen LogP contribution in [0.15, 0.2) is 0 Å². The van der Waals surface area contributed by atoms with E-state index in [1.165, 1.54) is 6.42 Å². The minimum absolute atomic E-state index is 0.177. The average molecular weight is 270 g/mol. The lowest BCUT2D eigenvalue weighted by atomic mass is 10.0. The third-order valence-electron chi connectivity index (χ3n) is 3.83. The molecule has 0 aromatic rings. The Labute approximate surface area is 115 Å². The molecule has 2 aliphatic heterocycles. The quantitative estimate of drug-likeness (QED) is 0.637. The second-order valence-corrected chi connectivity index (χ2v) is 5.46. The summed E-state index contributed by atoms with van der Waals surface area (Å²) in [7, 11) is 0. The first-order chi connectivity index (χ1) is 9.34. The summed E-state index contributed by atoms with van der Waals surface area (Å²) < 4.78 is 10.9. The molecule has 2 N–H and O–H groups in total. The van der Waals surface area contributed by atoms with Gasteiger partial charge in [-0.05, 0) is 44.7 Å². The van der Waals surface area contributed by atoms with E-state index >= 15 is 0 Å². The van der Waals surface area contributed by atoms with Crippen molar-refractivity contribution in [1.82, 2.24) is 10.6 Å². The van der Waals surface area contributed by atoms with Gasteiger partial charge in [-0.3, -0.25) is 4.79 Å². The summed E-state index contributed by atoms with van der Waals surface area (Å²) in [5.74, 6) is 0.868. The third kappa shape index (κ3) is 5.89. The maximum Gasteiger partial charge on any atom is 0.220 e. The number of hydrogen-bond donors (Lipinski definition) is 2. The van der Waals surface area contributed by atoms with Crippen molar-refractivity contribution in [2.24, 2.45) is 5.92 Å². The number of ether oxygens (including phenoxy) is 2. The van der Waals surface area contributed by atoms with Crippen molar-refractivity contribution < 1.29 is 14.3 Å². The Morgan fingerprint density at radius 3 is 3.11 bits per heavy atom. The second-order valence-electron chi connectivity index (χ2n) is 5.46. The highest BCUT2D eigenvalue weighted by Crippen LogP contribution is 2.13. The Morgan fingerprint density at radius 2 is 2.37 bits per heavy atom. The van der Waals surface area contributed by atoms with E-state index in [1.807, 2.05) is 0 Å². The number of amides is 1. The zero-order valence-corrected chi connectivity index (χ0v) is 11.7. The van der Waals surface area contributed by atoms with Crippen LogP contribution < -0.4 is 10.6 Å². The minimum atomic E-state index is 0.177. The monoisotopic (exact) mass is 270 g/mol. The Bertz CT molecular complexity index is 261. The van der Waals surface area contributed by atoms with Gasteiger partial charge in [-0.1, -0.05) is 0 Å². The van der Waals surface area contributed by atoms with Crippen molar-refractivity contribution in [3.05, 3.63) is 0 Å². The van der Waals surface area contributed by atoms with Crippen LogP contribution in [0, 0.1) is 5.92 Å². The standard InChI is InChI=1S/C14H26N2O3/c17-14(3-2-12-4-7-15-10-12)16-6-1-8-19-13-5-9-18-11-13/h12-13,15H,1-11H2,(H,16,17). The van der Waals surface area contributed by atoms with Crippen LogP contribution in [0.3, 0.4) is 0 Å². The van der Waals surface area contributed by atoms with E-state index in [2.05, 4.69) is 10.6 Å². The van der Waals surface area contributed by atoms with E-state index in [4.69, 9.17) is 9.47 Å². The molecule has 0 radical (unpaired) electrons. The zero-order valence-electron chi connectivity index (χ0n) is 11.7. The van der Waals surface area contributed by atoms with Gasteiger partial charge in [0, 0.05) is 26.2 Å². The Kier molecular flexibility index (Phi) is 6.61. The summed E-state index contributed by atoms with van der Waals surface area (Å²) in [6.45, 7) is 5.15. The molecule has 0 spiro atoms. The first kappa shape index (κ1) is 14.8. The summed E-state index contributed by atoms with van der Waals surface area (Å²) in [5.41, 5.74) is 0. The average Bonchev–Trinajstić information content (AvgIpc) is 3.09. The van der Waals surface area contributed by atoms with Gasteiger partial charge in [-0.25, -0.2) is 0 Å². The highest BCUT2D eigenvalue weighted by molar-refractivity contribution is 5.75. The minimum Gasteiger partial charge on any atom is -0.379 e. The summed E-state index contributed by atoms with van der Waals surface area (Å²) in [6, 6.07) is 0. The van der Waals surface area contributed by atoms with Crippen molar-refractivity contribution in [3.63, 3.8) is 0 Å². The predicted octanol–water partition coefficient (Wildman–Crippen LogP) is 0.688. The van der Waals surface area contributed by atoms with Gasteiger partial charge in [0.1, 0.15) is 0 Å². The van der Waals surface area contributed by atoms with Crippen molar-refractivity contribution in [2.45, 2.75) is 38.2 Å². The molecule has 1 amide bonds. The van der Waals surface area contributed by atoms with Crippen molar-refractivity contribution in [1.29, 1.82) is 0 Å². The topological polar surface area (TPSA) is 59.6 Å². The smallest absolute Gasteiger partial charge is 0.220 e. The largest absolute Gasteiger partial charge is 0.379 e. The molecule has 2 saturated heterocycles. The molecule has 110 valence electrons. The van der Waals surface area contributed by atoms with Crippen molar-refractivity contribution >= 4 is 5.91 Å². The molecule has 2 rings (SSSR count). The van der Waals surface area contributed by atoms with Crippen LogP contribution in [-0.4, -0.2) is 51.5 Å². The number of rotatable bonds is 8. The molecule has 2 fully saturated rings. The number of carbonyl (C=O) groups is 1. The van der Waals surface area contributed by atoms with Gasteiger partial charge < -0.3 is 20.1 Å². The molecule has 2 unspecified atom stereocenters. The molecule has 5 nitrogen and oxygen atoms in total. The van der Waals surface area contributed by atoms with Gasteiger partial charge in [-0.2, -0.15) is 0 Å². The molecule has 5 heteroatoms. The van der Waals surface area contributed by atoms with Crippen LogP contribution in [0.5, 0.6) is 0 Å². The molecule has 2 aliphatic rings. The van der Waals surface area contributed by atoms with Crippen LogP contribution in [-0.2, 0) is 14.3 Å². The summed E-state index contributed by atoms with van der Waals surface area (Å²) >= 11 is 0. The van der Waals surface area contributed by atoms with E-state index in [0.29, 0.717) is 18.9 Å². The van der Waals surface area contributed by atoms with Gasteiger partial charge in [0.25, 0.3) is 0 Å². The lowest BCUT2D eigenvalue weighted by Crippen LogP contribution is -2.26. The molecule has 0 saturated carbocycles. The molecule has 2 heterocycles. The van der Waals surface area contributed by atoms with Crippen molar-refractivity contribution in [3.8, 4) is 0 Å². The Balaban J connectivity index is 1.40. The maximum absolute atomic E-state index is 11.6. The van der Waals surface area contributed by atoms with Crippen molar-refractivity contribution in [2.75, 3.05) is 39.5 Å². The fourth-order valence-electron chi connectivity index (χ4n) is 2.58. The molecular formula is C14H26N2O3. The predicted molar refractivity (Wildman–Crippen MR) is 73.0 cm³/mol. The first-order valence-corrected chi connectivity index (χ1v) is 7.51. The van der Waals surface area contributed by atoms with Crippen LogP contribution in [0.1, 0.15) is 32.1 Å². The third-order valence-corrected chi connectivity index (χ3v) is 3.83. The molecule has 19 heavy (non-hydrogen) atoms. The normalized spacial score (nSPS) is 26.7. The van der Waals surface area contributed by atoms with Gasteiger partial charge in [0.2, 0.25) is 5.91 Å². The number of carbonyl (C=O) groups excluding carboxylic acids is 1. The van der Waals surface area contributed by atoms with Gasteiger partial charge in [-0.15, -0.1) is 0 Å². The van der Waals surface area contributed by atoms with Crippen LogP contribution in [0.2, 0.25) is 0 Å². The van der Waals surface area contributed by atoms with Crippen LogP contribution in [0.25, 0.3) is 0 Å². The maximum atomic E-state index is 11.6. The van der Waals surface area contributed by atoms with E-state index in [0.717, 1.165) is 52.1 Å². The molecule has 0 aromatic carbocycles. The van der Waals surface area contributed by atoms with E-state index in [9.17, 15) is 4.79 Å². The van der Waals surface area contributed by atoms with E-state index < -0.39 is 0 Å². The second kappa shape index (κ2) is 8.51. The SMILES string of the molecule is O=C(CCC1CCNC1)NCCCOC1CCOC1. The lowest BCUT2D eigenvalue weighted by molar-refractivity contribution is -0.121. The first-order valence-electron chi connectivity index (χ1n) is 7.51. The summed E-state index contributed by atoms with van der Waals surface area (Å²) in [5, 5.41) is 6.29. The fourth-order valence-corrected chi connectivity index (χ4v) is 2.58. The Hall–Kier alpha value is -0.650. The van der Waals surface area contributed by atoms with Gasteiger partial charge >= 0.3 is 0 Å². The highest BCUT2D eigenvalue weighted by Gasteiger charge is 2.16. The van der Waals surface area contributed by atoms with Gasteiger partial charge in [0.15, 0.2) is 0 Å². The molecule has 0 bridgehead atoms. The van der Waals surface area contributed by atoms with Crippen LogP contribution >= 0.6 is 0 Å². The molecular weight excluding hydrogens is 244 g/mol. The summed E-state index contributed by atoms with van der Waals surface area (Å²) in [4.78, 5) is 11.6. The molecule has 0 aliphatic carbocycles. The lowest BCUT2D eigenvalue weighted by Gasteiger charge is -2.11. The van der Waals surface area contributed by atoms with Crippen LogP contribution in [0.4, 0.5) is 0 Å². The fraction of sp³-hybridized carbons (Fsp3) is 0.929. The van der Waals surface area contributed by atoms with E-state index in [-0.39, 0.29) is 12.0 Å². The number of nitrogens with one attached hydrogen (secondary N) is 2. The summed E-state index contributed by atoms with van der Waals surface area (Å²) in [6.07, 6.45) is 5.03. The Morgan fingerprint density at radius 1 is 1.42 bits per heavy atom. The van der Waals surface area contributed by atoms with Gasteiger partial charge in [0.05, 0.1) is 12.7 Å². The molecule has 2 atom stereocenters. The van der Waals surface area contributed by atoms with E-state index in [1.54, 1.807) is 0 Å². The molecule has 0 aromatic heterocycles. The number of hydrogen-bond acceptors (Lipinski definition) is 4. The zero-order chi connectivity index (χ0) is 13.3. The highest BCUT2D eigenvalue weighted by atomic mass is 16.5.